The largest absolute Gasteiger partial charge is 0.300 e. The van der Waals surface area contributed by atoms with Crippen molar-refractivity contribution in [3.63, 3.8) is 0 Å². The average molecular weight is 411 g/mol. The summed E-state index contributed by atoms with van der Waals surface area (Å²) >= 11 is 0. The van der Waals surface area contributed by atoms with Crippen LogP contribution in [0.2, 0.25) is 0 Å². The Labute approximate surface area is 185 Å². The van der Waals surface area contributed by atoms with Gasteiger partial charge in [0.2, 0.25) is 0 Å². The van der Waals surface area contributed by atoms with E-state index in [1.165, 1.54) is 44.9 Å². The summed E-state index contributed by atoms with van der Waals surface area (Å²) in [6.45, 7) is 14.9. The molecule has 0 N–H and O–H groups in total. The van der Waals surface area contributed by atoms with E-state index in [0.717, 1.165) is 42.4 Å². The number of carbonyl (C=O) groups excluding carboxylic acids is 1. The molecule has 0 aromatic heterocycles. The molecule has 0 amide bonds. The molecule has 0 aliphatic heterocycles. The Hall–Kier alpha value is -0.590. The van der Waals surface area contributed by atoms with Gasteiger partial charge in [-0.15, -0.1) is 0 Å². The highest BCUT2D eigenvalue weighted by molar-refractivity contribution is 5.79. The van der Waals surface area contributed by atoms with Crippen LogP contribution >= 0.6 is 0 Å². The lowest BCUT2D eigenvalue weighted by Gasteiger charge is -2.61. The first-order valence-electron chi connectivity index (χ1n) is 13.3. The summed E-state index contributed by atoms with van der Waals surface area (Å²) in [6, 6.07) is 0. The molecular weight excluding hydrogens is 364 g/mol. The molecule has 1 spiro atoms. The van der Waals surface area contributed by atoms with Gasteiger partial charge in [-0.3, -0.25) is 4.79 Å². The van der Waals surface area contributed by atoms with E-state index in [9.17, 15) is 4.79 Å². The number of hydrogen-bond acceptors (Lipinski definition) is 1. The third-order valence-electron chi connectivity index (χ3n) is 12.0. The Bertz CT molecular complexity index is 735. The minimum atomic E-state index is 0.457. The van der Waals surface area contributed by atoms with Crippen molar-refractivity contribution >= 4 is 5.78 Å². The predicted molar refractivity (Wildman–Crippen MR) is 125 cm³/mol. The summed E-state index contributed by atoms with van der Waals surface area (Å²) in [7, 11) is 0. The number of hydrogen-bond donors (Lipinski definition) is 0. The van der Waals surface area contributed by atoms with Crippen molar-refractivity contribution in [1.82, 2.24) is 0 Å². The smallest absolute Gasteiger partial charge is 0.133 e. The third kappa shape index (κ3) is 2.82. The van der Waals surface area contributed by atoms with E-state index in [4.69, 9.17) is 0 Å². The molecular formula is C29H46O. The summed E-state index contributed by atoms with van der Waals surface area (Å²) in [6.07, 6.45) is 16.7. The highest BCUT2D eigenvalue weighted by Crippen LogP contribution is 2.82. The number of carbonyl (C=O) groups is 1. The van der Waals surface area contributed by atoms with E-state index in [-0.39, 0.29) is 0 Å². The van der Waals surface area contributed by atoms with Gasteiger partial charge in [-0.05, 0) is 109 Å². The van der Waals surface area contributed by atoms with Crippen LogP contribution in [0.4, 0.5) is 0 Å². The molecule has 1 nitrogen and oxygen atoms in total. The van der Waals surface area contributed by atoms with Gasteiger partial charge < -0.3 is 0 Å². The molecule has 5 fully saturated rings. The van der Waals surface area contributed by atoms with E-state index in [2.05, 4.69) is 53.7 Å². The summed E-state index contributed by atoms with van der Waals surface area (Å²) in [5, 5.41) is 0. The fourth-order valence-corrected chi connectivity index (χ4v) is 9.89. The molecule has 1 unspecified atom stereocenters. The number of fused-ring (bicyclic) bond motifs is 3. The van der Waals surface area contributed by atoms with Crippen LogP contribution in [-0.4, -0.2) is 5.78 Å². The van der Waals surface area contributed by atoms with Crippen LogP contribution in [0.25, 0.3) is 0 Å². The molecule has 5 aliphatic carbocycles. The van der Waals surface area contributed by atoms with E-state index < -0.39 is 0 Å². The lowest BCUT2D eigenvalue weighted by atomic mass is 9.43. The Morgan fingerprint density at radius 3 is 2.37 bits per heavy atom. The van der Waals surface area contributed by atoms with Crippen molar-refractivity contribution in [2.45, 2.75) is 99.3 Å². The lowest BCUT2D eigenvalue weighted by Crippen LogP contribution is -2.55. The van der Waals surface area contributed by atoms with Crippen LogP contribution in [0.3, 0.4) is 0 Å². The summed E-state index contributed by atoms with van der Waals surface area (Å²) in [4.78, 5) is 12.2. The maximum absolute atomic E-state index is 12.2. The van der Waals surface area contributed by atoms with Crippen LogP contribution < -0.4 is 0 Å². The molecule has 0 aromatic rings. The Kier molecular flexibility index (Phi) is 4.93. The summed E-state index contributed by atoms with van der Waals surface area (Å²) < 4.78 is 0. The maximum atomic E-state index is 12.2. The van der Waals surface area contributed by atoms with Crippen molar-refractivity contribution in [2.24, 2.45) is 63.6 Å². The van der Waals surface area contributed by atoms with E-state index in [0.29, 0.717) is 39.8 Å². The van der Waals surface area contributed by atoms with Gasteiger partial charge in [0.1, 0.15) is 5.78 Å². The third-order valence-corrected chi connectivity index (χ3v) is 12.0. The highest BCUT2D eigenvalue weighted by atomic mass is 16.1. The second kappa shape index (κ2) is 6.95. The monoisotopic (exact) mass is 410 g/mol. The van der Waals surface area contributed by atoms with E-state index >= 15 is 0 Å². The zero-order chi connectivity index (χ0) is 21.5. The first kappa shape index (κ1) is 21.3. The first-order chi connectivity index (χ1) is 14.1. The predicted octanol–water partition coefficient (Wildman–Crippen LogP) is 7.70. The van der Waals surface area contributed by atoms with Gasteiger partial charge in [0.15, 0.2) is 0 Å². The minimum Gasteiger partial charge on any atom is -0.300 e. The standard InChI is InChI=1S/C29H46O/c1-18(2)19(3)7-8-20(4)24-9-10-25-28(24,6)14-12-26-27(5)13-11-23(30)16-21(27)15-22-17-29(22,25)26/h7-8,18-22,24-26H,9-17H2,1-6H3/b8-7+/t19-,20+,21-,22-,24+,25+,26+,27-,28+,29?/m0/s1. The lowest BCUT2D eigenvalue weighted by molar-refractivity contribution is -0.144. The maximum Gasteiger partial charge on any atom is 0.133 e. The second-order valence-electron chi connectivity index (χ2n) is 13.4. The quantitative estimate of drug-likeness (QED) is 0.434. The zero-order valence-electron chi connectivity index (χ0n) is 20.5. The SMILES string of the molecule is CC(C)[C@@H](C)/C=C/[C@@H](C)[C@H]1CC[C@H]2C34C[C@@H]3C[C@H]3CC(=O)CC[C@]3(C)[C@H]4CC[C@]12C. The van der Waals surface area contributed by atoms with Crippen LogP contribution in [0, 0.1) is 63.6 Å². The van der Waals surface area contributed by atoms with Gasteiger partial charge in [-0.25, -0.2) is 0 Å². The van der Waals surface area contributed by atoms with E-state index in [1.807, 2.05) is 0 Å². The van der Waals surface area contributed by atoms with Gasteiger partial charge in [-0.2, -0.15) is 0 Å². The van der Waals surface area contributed by atoms with Crippen LogP contribution in [-0.2, 0) is 4.79 Å². The fourth-order valence-electron chi connectivity index (χ4n) is 9.89. The zero-order valence-corrected chi connectivity index (χ0v) is 20.5. The molecule has 10 atom stereocenters. The molecule has 5 rings (SSSR count). The molecule has 0 aromatic carbocycles. The van der Waals surface area contributed by atoms with Crippen molar-refractivity contribution in [2.75, 3.05) is 0 Å². The summed E-state index contributed by atoms with van der Waals surface area (Å²) in [5.41, 5.74) is 1.66. The molecule has 168 valence electrons. The normalized spacial score (nSPS) is 51.8. The topological polar surface area (TPSA) is 17.1 Å². The molecule has 0 saturated heterocycles. The van der Waals surface area contributed by atoms with Gasteiger partial charge >= 0.3 is 0 Å². The Morgan fingerprint density at radius 2 is 1.63 bits per heavy atom. The molecule has 0 bridgehead atoms. The van der Waals surface area contributed by atoms with Crippen molar-refractivity contribution in [3.05, 3.63) is 12.2 Å². The van der Waals surface area contributed by atoms with Crippen molar-refractivity contribution < 1.29 is 4.79 Å². The van der Waals surface area contributed by atoms with Gasteiger partial charge in [0.25, 0.3) is 0 Å². The Balaban J connectivity index is 1.39. The van der Waals surface area contributed by atoms with Gasteiger partial charge in [0, 0.05) is 12.8 Å². The fraction of sp³-hybridized carbons (Fsp3) is 0.897. The first-order valence-corrected chi connectivity index (χ1v) is 13.3. The number of ketones is 1. The van der Waals surface area contributed by atoms with Crippen molar-refractivity contribution in [3.8, 4) is 0 Å². The molecule has 5 saturated carbocycles. The molecule has 1 heteroatoms. The molecule has 0 heterocycles. The minimum absolute atomic E-state index is 0.457. The number of Topliss-reactive ketones (excluding diaryl/α,β-unsaturated/α-hetero) is 1. The number of rotatable bonds is 4. The van der Waals surface area contributed by atoms with Gasteiger partial charge in [-0.1, -0.05) is 53.7 Å². The van der Waals surface area contributed by atoms with Crippen LogP contribution in [0.5, 0.6) is 0 Å². The van der Waals surface area contributed by atoms with Crippen LogP contribution in [0.1, 0.15) is 99.3 Å². The second-order valence-corrected chi connectivity index (χ2v) is 13.4. The average Bonchev–Trinajstić information content (AvgIpc) is 3.26. The van der Waals surface area contributed by atoms with E-state index in [1.54, 1.807) is 0 Å². The molecule has 0 radical (unpaired) electrons. The summed E-state index contributed by atoms with van der Waals surface area (Å²) in [5.74, 6) is 7.07. The van der Waals surface area contributed by atoms with Gasteiger partial charge in [0.05, 0.1) is 0 Å². The highest BCUT2D eigenvalue weighted by Gasteiger charge is 2.76. The Morgan fingerprint density at radius 1 is 0.900 bits per heavy atom. The van der Waals surface area contributed by atoms with Crippen LogP contribution in [0.15, 0.2) is 12.2 Å². The van der Waals surface area contributed by atoms with Crippen molar-refractivity contribution in [1.29, 1.82) is 0 Å². The number of allylic oxidation sites excluding steroid dienone is 2. The molecule has 30 heavy (non-hydrogen) atoms. The molecule has 5 aliphatic rings.